The van der Waals surface area contributed by atoms with Crippen molar-refractivity contribution in [3.8, 4) is 0 Å². The van der Waals surface area contributed by atoms with Crippen LogP contribution in [-0.4, -0.2) is 9.97 Å². The Bertz CT molecular complexity index is 658. The molecule has 0 saturated heterocycles. The van der Waals surface area contributed by atoms with E-state index in [4.69, 9.17) is 0 Å². The molecule has 0 bridgehead atoms. The Kier molecular flexibility index (Phi) is 2.37. The fraction of sp³-hybridized carbons (Fsp3) is 0.0714. The lowest BCUT2D eigenvalue weighted by atomic mass is 10.0. The second-order valence-electron chi connectivity index (χ2n) is 3.98. The molecule has 2 nitrogen and oxygen atoms in total. The molecule has 2 aromatic heterocycles. The molecule has 0 aliphatic heterocycles. The summed E-state index contributed by atoms with van der Waals surface area (Å²) >= 11 is 0. The van der Waals surface area contributed by atoms with Crippen LogP contribution >= 0.6 is 0 Å². The van der Waals surface area contributed by atoms with E-state index in [-0.39, 0.29) is 5.82 Å². The van der Waals surface area contributed by atoms with Crippen LogP contribution in [0.4, 0.5) is 4.39 Å². The maximum Gasteiger partial charge on any atom is 0.137 e. The number of benzene rings is 1. The predicted molar refractivity (Wildman–Crippen MR) is 65.3 cm³/mol. The first-order valence-corrected chi connectivity index (χ1v) is 5.49. The molecule has 3 rings (SSSR count). The van der Waals surface area contributed by atoms with Crippen LogP contribution in [0, 0.1) is 5.82 Å². The van der Waals surface area contributed by atoms with E-state index < -0.39 is 0 Å². The Morgan fingerprint density at radius 2 is 1.94 bits per heavy atom. The van der Waals surface area contributed by atoms with Crippen molar-refractivity contribution >= 4 is 11.0 Å². The minimum Gasteiger partial charge on any atom is -0.346 e. The molecule has 3 aromatic rings. The van der Waals surface area contributed by atoms with E-state index in [9.17, 15) is 4.39 Å². The van der Waals surface area contributed by atoms with Gasteiger partial charge in [0.1, 0.15) is 11.5 Å². The van der Waals surface area contributed by atoms with Crippen molar-refractivity contribution < 1.29 is 4.39 Å². The quantitative estimate of drug-likeness (QED) is 0.713. The Morgan fingerprint density at radius 1 is 1.06 bits per heavy atom. The van der Waals surface area contributed by atoms with Gasteiger partial charge in [0.15, 0.2) is 0 Å². The molecular weight excluding hydrogens is 215 g/mol. The number of aromatic amines is 1. The second kappa shape index (κ2) is 4.01. The van der Waals surface area contributed by atoms with Crippen LogP contribution < -0.4 is 0 Å². The predicted octanol–water partition coefficient (Wildman–Crippen LogP) is 3.29. The summed E-state index contributed by atoms with van der Waals surface area (Å²) in [4.78, 5) is 7.31. The van der Waals surface area contributed by atoms with Crippen LogP contribution in [0.3, 0.4) is 0 Å². The molecule has 0 aliphatic rings. The Balaban J connectivity index is 2.03. The minimum atomic E-state index is -0.161. The molecule has 0 fully saturated rings. The summed E-state index contributed by atoms with van der Waals surface area (Å²) in [6.07, 6.45) is 4.22. The lowest BCUT2D eigenvalue weighted by Crippen LogP contribution is -1.91. The monoisotopic (exact) mass is 226 g/mol. The van der Waals surface area contributed by atoms with Crippen LogP contribution in [-0.2, 0) is 6.42 Å². The van der Waals surface area contributed by atoms with Gasteiger partial charge in [0, 0.05) is 24.2 Å². The van der Waals surface area contributed by atoms with Crippen molar-refractivity contribution in [2.24, 2.45) is 0 Å². The first-order chi connectivity index (χ1) is 8.34. The highest BCUT2D eigenvalue weighted by molar-refractivity contribution is 5.79. The van der Waals surface area contributed by atoms with Gasteiger partial charge in [-0.25, -0.2) is 9.37 Å². The molecule has 0 aliphatic carbocycles. The maximum absolute atomic E-state index is 13.6. The normalized spacial score (nSPS) is 10.9. The summed E-state index contributed by atoms with van der Waals surface area (Å²) in [5, 5.41) is 1.05. The van der Waals surface area contributed by atoms with Crippen LogP contribution in [0.15, 0.2) is 48.8 Å². The molecule has 0 amide bonds. The van der Waals surface area contributed by atoms with E-state index in [1.165, 1.54) is 6.07 Å². The molecular formula is C14H11FN2. The van der Waals surface area contributed by atoms with Gasteiger partial charge < -0.3 is 4.98 Å². The highest BCUT2D eigenvalue weighted by atomic mass is 19.1. The fourth-order valence-corrected chi connectivity index (χ4v) is 2.01. The number of aromatic nitrogens is 2. The summed E-state index contributed by atoms with van der Waals surface area (Å²) in [6.45, 7) is 0. The van der Waals surface area contributed by atoms with Gasteiger partial charge in [0.25, 0.3) is 0 Å². The molecule has 0 spiro atoms. The Labute approximate surface area is 98.1 Å². The third-order valence-corrected chi connectivity index (χ3v) is 2.88. The molecule has 0 unspecified atom stereocenters. The summed E-state index contributed by atoms with van der Waals surface area (Å²) in [7, 11) is 0. The number of rotatable bonds is 2. The van der Waals surface area contributed by atoms with Crippen LogP contribution in [0.5, 0.6) is 0 Å². The van der Waals surface area contributed by atoms with E-state index in [1.54, 1.807) is 12.3 Å². The minimum absolute atomic E-state index is 0.161. The van der Waals surface area contributed by atoms with Gasteiger partial charge in [-0.15, -0.1) is 0 Å². The molecule has 1 aromatic carbocycles. The zero-order valence-corrected chi connectivity index (χ0v) is 9.15. The zero-order valence-electron chi connectivity index (χ0n) is 9.15. The van der Waals surface area contributed by atoms with Crippen molar-refractivity contribution in [2.75, 3.05) is 0 Å². The van der Waals surface area contributed by atoms with Crippen molar-refractivity contribution in [2.45, 2.75) is 6.42 Å². The summed E-state index contributed by atoms with van der Waals surface area (Å²) in [5.74, 6) is -0.161. The number of pyridine rings is 1. The molecule has 1 N–H and O–H groups in total. The largest absolute Gasteiger partial charge is 0.346 e. The van der Waals surface area contributed by atoms with Gasteiger partial charge in [-0.3, -0.25) is 0 Å². The summed E-state index contributed by atoms with van der Waals surface area (Å²) in [5.41, 5.74) is 2.62. The van der Waals surface area contributed by atoms with Crippen LogP contribution in [0.1, 0.15) is 11.1 Å². The molecule has 0 radical (unpaired) electrons. The van der Waals surface area contributed by atoms with Gasteiger partial charge in [0.05, 0.1) is 0 Å². The second-order valence-corrected chi connectivity index (χ2v) is 3.98. The van der Waals surface area contributed by atoms with Crippen molar-refractivity contribution in [1.82, 2.24) is 9.97 Å². The first kappa shape index (κ1) is 10.0. The number of fused-ring (bicyclic) bond motifs is 1. The van der Waals surface area contributed by atoms with Gasteiger partial charge in [0.2, 0.25) is 0 Å². The number of H-pyrrole nitrogens is 1. The first-order valence-electron chi connectivity index (χ1n) is 5.49. The maximum atomic E-state index is 13.6. The highest BCUT2D eigenvalue weighted by Crippen LogP contribution is 2.20. The molecule has 3 heteroatoms. The standard InChI is InChI=1S/C14H11FN2/c15-13-6-2-1-4-10(13)8-11-9-17-14-12(11)5-3-7-16-14/h1-7,9H,8H2,(H,16,17). The Hall–Kier alpha value is -2.16. The molecule has 0 atom stereocenters. The lowest BCUT2D eigenvalue weighted by molar-refractivity contribution is 0.614. The topological polar surface area (TPSA) is 28.7 Å². The average molecular weight is 226 g/mol. The van der Waals surface area contributed by atoms with E-state index in [2.05, 4.69) is 9.97 Å². The van der Waals surface area contributed by atoms with Crippen molar-refractivity contribution in [1.29, 1.82) is 0 Å². The van der Waals surface area contributed by atoms with E-state index in [1.807, 2.05) is 30.5 Å². The van der Waals surface area contributed by atoms with Gasteiger partial charge in [-0.05, 0) is 29.3 Å². The average Bonchev–Trinajstić information content (AvgIpc) is 2.76. The van der Waals surface area contributed by atoms with E-state index >= 15 is 0 Å². The smallest absolute Gasteiger partial charge is 0.137 e. The van der Waals surface area contributed by atoms with Gasteiger partial charge in [-0.2, -0.15) is 0 Å². The highest BCUT2D eigenvalue weighted by Gasteiger charge is 2.07. The summed E-state index contributed by atoms with van der Waals surface area (Å²) < 4.78 is 13.6. The molecule has 84 valence electrons. The summed E-state index contributed by atoms with van der Waals surface area (Å²) in [6, 6.07) is 10.7. The van der Waals surface area contributed by atoms with Crippen molar-refractivity contribution in [3.63, 3.8) is 0 Å². The lowest BCUT2D eigenvalue weighted by Gasteiger charge is -2.01. The fourth-order valence-electron chi connectivity index (χ4n) is 2.01. The Morgan fingerprint density at radius 3 is 2.82 bits per heavy atom. The number of hydrogen-bond donors (Lipinski definition) is 1. The number of halogens is 1. The van der Waals surface area contributed by atoms with Gasteiger partial charge in [-0.1, -0.05) is 18.2 Å². The number of nitrogens with one attached hydrogen (secondary N) is 1. The van der Waals surface area contributed by atoms with E-state index in [0.717, 1.165) is 16.6 Å². The third kappa shape index (κ3) is 1.80. The molecule has 0 saturated carbocycles. The van der Waals surface area contributed by atoms with Crippen molar-refractivity contribution in [3.05, 3.63) is 65.7 Å². The number of hydrogen-bond acceptors (Lipinski definition) is 1. The molecule has 17 heavy (non-hydrogen) atoms. The SMILES string of the molecule is Fc1ccccc1Cc1c[nH]c2ncccc12. The third-order valence-electron chi connectivity index (χ3n) is 2.88. The zero-order chi connectivity index (χ0) is 11.7. The van der Waals surface area contributed by atoms with E-state index in [0.29, 0.717) is 12.0 Å². The molecule has 2 heterocycles. The number of nitrogens with zero attached hydrogens (tertiary/aromatic N) is 1. The van der Waals surface area contributed by atoms with Gasteiger partial charge >= 0.3 is 0 Å². The van der Waals surface area contributed by atoms with Crippen LogP contribution in [0.2, 0.25) is 0 Å². The van der Waals surface area contributed by atoms with Crippen LogP contribution in [0.25, 0.3) is 11.0 Å².